The zero-order chi connectivity index (χ0) is 38.7. The van der Waals surface area contributed by atoms with Crippen LogP contribution in [0, 0.1) is 28.6 Å². The zero-order valence-electron chi connectivity index (χ0n) is 31.5. The van der Waals surface area contributed by atoms with Gasteiger partial charge in [0.1, 0.15) is 11.6 Å². The van der Waals surface area contributed by atoms with E-state index in [1.165, 1.54) is 5.57 Å². The summed E-state index contributed by atoms with van der Waals surface area (Å²) in [5, 5.41) is 27.8. The normalized spacial score (nSPS) is 29.3. The number of carboxylic acid groups (broad SMARTS) is 1. The number of aliphatic hydroxyl groups is 1. The number of carbonyl (C=O) groups is 6. The molecule has 7 atom stereocenters. The largest absolute Gasteiger partial charge is 0.480 e. The minimum atomic E-state index is -1.57. The van der Waals surface area contributed by atoms with E-state index in [1.54, 1.807) is 6.20 Å². The first kappa shape index (κ1) is 39.4. The Bertz CT molecular complexity index is 1820. The van der Waals surface area contributed by atoms with Crippen molar-refractivity contribution in [2.45, 2.75) is 122 Å². The summed E-state index contributed by atoms with van der Waals surface area (Å²) in [5.41, 5.74) is 0.808. The van der Waals surface area contributed by atoms with E-state index in [9.17, 15) is 39.0 Å². The number of amides is 2. The minimum Gasteiger partial charge on any atom is -0.480 e. The van der Waals surface area contributed by atoms with Crippen LogP contribution < -0.4 is 10.6 Å². The second-order valence-corrected chi connectivity index (χ2v) is 16.6. The molecule has 3 saturated carbocycles. The molecule has 54 heavy (non-hydrogen) atoms. The molecule has 0 unspecified atom stereocenters. The predicted molar refractivity (Wildman–Crippen MR) is 200 cm³/mol. The SMILES string of the molecule is C[C@]12CCC(=O)C=C1CC[C@@H]1[C@@H]2CC[C@@]2(C)[C@H]1CC[C@]2(O)C(=O)COC(=O)CCC(=O)NCCCCCC(=O)N[C@@H](Cc1c[nH]c2ccccc12)C(=O)O. The van der Waals surface area contributed by atoms with Crippen LogP contribution in [0.5, 0.6) is 0 Å². The second kappa shape index (κ2) is 16.2. The molecule has 4 aliphatic rings. The van der Waals surface area contributed by atoms with Crippen LogP contribution in [0.4, 0.5) is 0 Å². The lowest BCUT2D eigenvalue weighted by atomic mass is 9.46. The van der Waals surface area contributed by atoms with Crippen molar-refractivity contribution in [3.05, 3.63) is 47.7 Å². The molecule has 292 valence electrons. The molecule has 0 saturated heterocycles. The van der Waals surface area contributed by atoms with E-state index in [0.29, 0.717) is 56.9 Å². The second-order valence-electron chi connectivity index (χ2n) is 16.6. The number of ketones is 2. The van der Waals surface area contributed by atoms with Gasteiger partial charge in [0, 0.05) is 54.7 Å². The quantitative estimate of drug-likeness (QED) is 0.115. The van der Waals surface area contributed by atoms with Crippen LogP contribution in [0.25, 0.3) is 10.9 Å². The first-order chi connectivity index (χ1) is 25.7. The van der Waals surface area contributed by atoms with Crippen molar-refractivity contribution in [1.29, 1.82) is 0 Å². The van der Waals surface area contributed by atoms with Gasteiger partial charge in [0.05, 0.1) is 6.42 Å². The molecule has 4 aliphatic carbocycles. The van der Waals surface area contributed by atoms with E-state index in [0.717, 1.165) is 48.6 Å². The van der Waals surface area contributed by atoms with Crippen molar-refractivity contribution in [2.24, 2.45) is 28.6 Å². The van der Waals surface area contributed by atoms with Gasteiger partial charge in [-0.1, -0.05) is 44.0 Å². The molecule has 2 amide bonds. The molecule has 3 fully saturated rings. The number of hydrogen-bond donors (Lipinski definition) is 5. The van der Waals surface area contributed by atoms with E-state index in [4.69, 9.17) is 4.74 Å². The molecule has 1 heterocycles. The number of esters is 1. The standard InChI is InChI=1S/C42H55N3O9/c1-40-18-15-28(46)23-27(40)11-12-30-31(40)16-19-41(2)32(30)17-20-42(41,53)35(47)25-54-38(50)14-13-36(48)43-21-7-3-4-10-37(49)45-34(39(51)52)22-26-24-44-33-9-6-5-8-29(26)33/h5-6,8-9,23-24,30-32,34,44,53H,3-4,7,10-22,25H2,1-2H3,(H,43,48)(H,45,49)(H,51,52)/t30-,31+,32+,34+,40+,41+,42+/m1/s1. The van der Waals surface area contributed by atoms with Crippen LogP contribution in [0.2, 0.25) is 0 Å². The van der Waals surface area contributed by atoms with Gasteiger partial charge in [-0.25, -0.2) is 4.79 Å². The number of H-pyrrole nitrogens is 1. The summed E-state index contributed by atoms with van der Waals surface area (Å²) in [6, 6.07) is 6.53. The predicted octanol–water partition coefficient (Wildman–Crippen LogP) is 5.11. The van der Waals surface area contributed by atoms with E-state index in [2.05, 4.69) is 22.5 Å². The first-order valence-electron chi connectivity index (χ1n) is 19.7. The van der Waals surface area contributed by atoms with Crippen molar-refractivity contribution in [3.8, 4) is 0 Å². The Hall–Kier alpha value is -4.32. The number of unbranched alkanes of at least 4 members (excludes halogenated alkanes) is 2. The van der Waals surface area contributed by atoms with Gasteiger partial charge < -0.3 is 30.6 Å². The Morgan fingerprint density at radius 3 is 2.50 bits per heavy atom. The Morgan fingerprint density at radius 2 is 1.70 bits per heavy atom. The van der Waals surface area contributed by atoms with Gasteiger partial charge >= 0.3 is 11.9 Å². The number of fused-ring (bicyclic) bond motifs is 6. The molecule has 5 N–H and O–H groups in total. The maximum Gasteiger partial charge on any atom is 0.326 e. The highest BCUT2D eigenvalue weighted by molar-refractivity contribution is 5.92. The first-order valence-corrected chi connectivity index (χ1v) is 19.7. The molecule has 0 radical (unpaired) electrons. The van der Waals surface area contributed by atoms with Crippen molar-refractivity contribution in [3.63, 3.8) is 0 Å². The Balaban J connectivity index is 0.858. The monoisotopic (exact) mass is 745 g/mol. The highest BCUT2D eigenvalue weighted by Gasteiger charge is 2.66. The molecule has 1 aromatic carbocycles. The van der Waals surface area contributed by atoms with Gasteiger partial charge in [-0.3, -0.25) is 24.0 Å². The molecule has 12 nitrogen and oxygen atoms in total. The average molecular weight is 746 g/mol. The number of ether oxygens (including phenoxy) is 1. The zero-order valence-corrected chi connectivity index (χ0v) is 31.5. The number of aromatic nitrogens is 1. The summed E-state index contributed by atoms with van der Waals surface area (Å²) in [5.74, 6) is -1.73. The summed E-state index contributed by atoms with van der Waals surface area (Å²) >= 11 is 0. The van der Waals surface area contributed by atoms with Crippen LogP contribution in [0.3, 0.4) is 0 Å². The Kier molecular flexibility index (Phi) is 11.8. The van der Waals surface area contributed by atoms with Gasteiger partial charge in [-0.2, -0.15) is 0 Å². The summed E-state index contributed by atoms with van der Waals surface area (Å²) in [4.78, 5) is 78.0. The smallest absolute Gasteiger partial charge is 0.326 e. The van der Waals surface area contributed by atoms with Crippen molar-refractivity contribution >= 4 is 46.2 Å². The number of carboxylic acids is 1. The van der Waals surface area contributed by atoms with E-state index >= 15 is 0 Å². The van der Waals surface area contributed by atoms with Gasteiger partial charge in [-0.15, -0.1) is 0 Å². The van der Waals surface area contributed by atoms with Crippen LogP contribution in [-0.2, 0) is 39.9 Å². The fourth-order valence-electron chi connectivity index (χ4n) is 10.5. The molecule has 0 spiro atoms. The van der Waals surface area contributed by atoms with E-state index in [-0.39, 0.29) is 54.6 Å². The van der Waals surface area contributed by atoms with Crippen molar-refractivity contribution in [2.75, 3.05) is 13.2 Å². The fraction of sp³-hybridized carbons (Fsp3) is 0.619. The number of hydrogen-bond acceptors (Lipinski definition) is 8. The number of allylic oxidation sites excluding steroid dienone is 1. The molecular formula is C42H55N3O9. The number of aromatic amines is 1. The van der Waals surface area contributed by atoms with Gasteiger partial charge in [0.2, 0.25) is 17.6 Å². The molecule has 2 aromatic rings. The maximum atomic E-state index is 13.5. The highest BCUT2D eigenvalue weighted by Crippen LogP contribution is 2.67. The van der Waals surface area contributed by atoms with Crippen molar-refractivity contribution < 1.29 is 43.7 Å². The molecule has 0 aliphatic heterocycles. The molecular weight excluding hydrogens is 690 g/mol. The van der Waals surface area contributed by atoms with Crippen LogP contribution in [-0.4, -0.2) is 75.3 Å². The lowest BCUT2D eigenvalue weighted by Gasteiger charge is -2.58. The molecule has 1 aromatic heterocycles. The number of benzene rings is 1. The molecule has 6 rings (SSSR count). The van der Waals surface area contributed by atoms with E-state index < -0.39 is 41.4 Å². The third-order valence-corrected chi connectivity index (χ3v) is 13.6. The lowest BCUT2D eigenvalue weighted by Crippen LogP contribution is -2.58. The number of nitrogens with one attached hydrogen (secondary N) is 3. The summed E-state index contributed by atoms with van der Waals surface area (Å²) in [6.07, 6.45) is 11.4. The summed E-state index contributed by atoms with van der Waals surface area (Å²) in [7, 11) is 0. The van der Waals surface area contributed by atoms with Crippen LogP contribution >= 0.6 is 0 Å². The Labute approximate surface area is 316 Å². The third-order valence-electron chi connectivity index (χ3n) is 13.6. The van der Waals surface area contributed by atoms with Gasteiger partial charge in [0.25, 0.3) is 0 Å². The average Bonchev–Trinajstić information content (AvgIpc) is 3.68. The number of rotatable bonds is 16. The number of Topliss-reactive ketones (excluding diaryl/α,β-unsaturated/α-hetero) is 1. The van der Waals surface area contributed by atoms with Gasteiger partial charge in [0.15, 0.2) is 12.4 Å². The lowest BCUT2D eigenvalue weighted by molar-refractivity contribution is -0.170. The maximum absolute atomic E-state index is 13.5. The van der Waals surface area contributed by atoms with Crippen molar-refractivity contribution in [1.82, 2.24) is 15.6 Å². The number of carbonyl (C=O) groups excluding carboxylic acids is 5. The summed E-state index contributed by atoms with van der Waals surface area (Å²) < 4.78 is 5.29. The van der Waals surface area contributed by atoms with Crippen LogP contribution in [0.15, 0.2) is 42.1 Å². The fourth-order valence-corrected chi connectivity index (χ4v) is 10.5. The van der Waals surface area contributed by atoms with Gasteiger partial charge in [-0.05, 0) is 98.7 Å². The molecule has 0 bridgehead atoms. The highest BCUT2D eigenvalue weighted by atomic mass is 16.5. The summed E-state index contributed by atoms with van der Waals surface area (Å²) in [6.45, 7) is 4.16. The van der Waals surface area contributed by atoms with E-state index in [1.807, 2.05) is 37.3 Å². The topological polar surface area (TPSA) is 192 Å². The minimum absolute atomic E-state index is 0.00202. The third kappa shape index (κ3) is 7.90. The molecule has 12 heteroatoms. The Morgan fingerprint density at radius 1 is 0.926 bits per heavy atom. The number of aliphatic carboxylic acids is 1. The van der Waals surface area contributed by atoms with Crippen LogP contribution in [0.1, 0.15) is 109 Å². The number of para-hydroxylation sites is 1.